The highest BCUT2D eigenvalue weighted by Crippen LogP contribution is 2.30. The predicted octanol–water partition coefficient (Wildman–Crippen LogP) is 4.13. The van der Waals surface area contributed by atoms with E-state index in [1.54, 1.807) is 78.5 Å². The normalized spacial score (nSPS) is 12.9. The van der Waals surface area contributed by atoms with Crippen LogP contribution >= 0.6 is 0 Å². The van der Waals surface area contributed by atoms with E-state index in [4.69, 9.17) is 9.47 Å². The highest BCUT2D eigenvalue weighted by atomic mass is 16.5. The lowest BCUT2D eigenvalue weighted by molar-refractivity contribution is -0.117. The second-order valence-electron chi connectivity index (χ2n) is 7.68. The van der Waals surface area contributed by atoms with Gasteiger partial charge in [-0.05, 0) is 49.2 Å². The molecule has 1 aliphatic carbocycles. The first kappa shape index (κ1) is 20.5. The highest BCUT2D eigenvalue weighted by molar-refractivity contribution is 6.04. The molecule has 0 spiro atoms. The molecule has 2 N–H and O–H groups in total. The fraction of sp³-hybridized carbons (Fsp3) is 0.167. The van der Waals surface area contributed by atoms with Crippen LogP contribution in [0, 0.1) is 5.92 Å². The van der Waals surface area contributed by atoms with Crippen LogP contribution in [0.3, 0.4) is 0 Å². The van der Waals surface area contributed by atoms with Crippen molar-refractivity contribution < 1.29 is 19.1 Å². The molecule has 2 heterocycles. The monoisotopic (exact) mass is 443 g/mol. The Bertz CT molecular complexity index is 1350. The average molecular weight is 443 g/mol. The van der Waals surface area contributed by atoms with Crippen molar-refractivity contribution >= 4 is 29.0 Å². The van der Waals surface area contributed by atoms with E-state index in [2.05, 4.69) is 20.7 Å². The van der Waals surface area contributed by atoms with Crippen LogP contribution in [0.2, 0.25) is 0 Å². The van der Waals surface area contributed by atoms with Crippen LogP contribution in [0.1, 0.15) is 23.2 Å². The van der Waals surface area contributed by atoms with Crippen LogP contribution in [-0.4, -0.2) is 33.5 Å². The number of imidazole rings is 1. The highest BCUT2D eigenvalue weighted by Gasteiger charge is 2.30. The van der Waals surface area contributed by atoms with E-state index >= 15 is 0 Å². The summed E-state index contributed by atoms with van der Waals surface area (Å²) in [4.78, 5) is 28.9. The third-order valence-electron chi connectivity index (χ3n) is 5.14. The Morgan fingerprint density at radius 3 is 2.64 bits per heavy atom. The number of carbonyl (C=O) groups is 2. The molecule has 0 radical (unpaired) electrons. The van der Waals surface area contributed by atoms with Gasteiger partial charge in [-0.1, -0.05) is 12.1 Å². The standard InChI is InChI=1S/C24H21N5O4/c1-32-18-6-2-4-16(12-18)24(31)25-17-5-3-7-19(13-17)33-22-11-10-21-26-20(14-29(21)28-22)27-23(30)15-8-9-15/h2-7,10-15H,8-9H2,1H3,(H,25,31)(H,27,30). The average Bonchev–Trinajstić information content (AvgIpc) is 3.60. The Kier molecular flexibility index (Phi) is 5.35. The van der Waals surface area contributed by atoms with Crippen LogP contribution < -0.4 is 20.1 Å². The summed E-state index contributed by atoms with van der Waals surface area (Å²) in [5.41, 5.74) is 1.65. The summed E-state index contributed by atoms with van der Waals surface area (Å²) >= 11 is 0. The van der Waals surface area contributed by atoms with Gasteiger partial charge in [0.25, 0.3) is 5.91 Å². The molecule has 1 fully saturated rings. The first-order chi connectivity index (χ1) is 16.1. The molecule has 0 atom stereocenters. The van der Waals surface area contributed by atoms with Crippen molar-refractivity contribution in [3.05, 3.63) is 72.4 Å². The molecule has 5 rings (SSSR count). The Hall–Kier alpha value is -4.40. The van der Waals surface area contributed by atoms with Gasteiger partial charge >= 0.3 is 0 Å². The molecular formula is C24H21N5O4. The van der Waals surface area contributed by atoms with E-state index in [9.17, 15) is 9.59 Å². The molecule has 33 heavy (non-hydrogen) atoms. The van der Waals surface area contributed by atoms with Crippen LogP contribution in [0.4, 0.5) is 11.5 Å². The molecule has 0 saturated heterocycles. The summed E-state index contributed by atoms with van der Waals surface area (Å²) in [6, 6.07) is 17.4. The third kappa shape index (κ3) is 4.77. The maximum Gasteiger partial charge on any atom is 0.255 e. The number of hydrogen-bond donors (Lipinski definition) is 2. The van der Waals surface area contributed by atoms with Gasteiger partial charge in [0.2, 0.25) is 11.8 Å². The molecule has 1 saturated carbocycles. The van der Waals surface area contributed by atoms with Crippen molar-refractivity contribution in [1.29, 1.82) is 0 Å². The summed E-state index contributed by atoms with van der Waals surface area (Å²) in [6.07, 6.45) is 3.50. The quantitative estimate of drug-likeness (QED) is 0.445. The number of methoxy groups -OCH3 is 1. The second-order valence-corrected chi connectivity index (χ2v) is 7.68. The molecule has 4 aromatic rings. The smallest absolute Gasteiger partial charge is 0.255 e. The van der Waals surface area contributed by atoms with E-state index < -0.39 is 0 Å². The van der Waals surface area contributed by atoms with Gasteiger partial charge < -0.3 is 20.1 Å². The molecule has 0 unspecified atom stereocenters. The SMILES string of the molecule is COc1cccc(C(=O)Nc2cccc(Oc3ccc4nc(NC(=O)C5CC5)cn4n3)c2)c1. The van der Waals surface area contributed by atoms with E-state index in [1.165, 1.54) is 0 Å². The molecule has 9 nitrogen and oxygen atoms in total. The van der Waals surface area contributed by atoms with Gasteiger partial charge in [0.1, 0.15) is 11.5 Å². The number of amides is 2. The van der Waals surface area contributed by atoms with E-state index in [1.807, 2.05) is 0 Å². The van der Waals surface area contributed by atoms with E-state index in [0.29, 0.717) is 40.1 Å². The van der Waals surface area contributed by atoms with Crippen LogP contribution in [0.5, 0.6) is 17.4 Å². The number of carbonyl (C=O) groups excluding carboxylic acids is 2. The Balaban J connectivity index is 1.28. The minimum Gasteiger partial charge on any atom is -0.497 e. The number of anilines is 2. The number of aromatic nitrogens is 3. The van der Waals surface area contributed by atoms with Crippen LogP contribution in [0.15, 0.2) is 66.9 Å². The maximum absolute atomic E-state index is 12.6. The van der Waals surface area contributed by atoms with E-state index in [0.717, 1.165) is 12.8 Å². The molecule has 2 amide bonds. The number of hydrogen-bond acceptors (Lipinski definition) is 6. The zero-order chi connectivity index (χ0) is 22.8. The van der Waals surface area contributed by atoms with Crippen molar-refractivity contribution in [3.8, 4) is 17.4 Å². The predicted molar refractivity (Wildman–Crippen MR) is 122 cm³/mol. The summed E-state index contributed by atoms with van der Waals surface area (Å²) in [7, 11) is 1.55. The molecule has 2 aromatic carbocycles. The van der Waals surface area contributed by atoms with Gasteiger partial charge in [0, 0.05) is 29.3 Å². The fourth-order valence-corrected chi connectivity index (χ4v) is 3.28. The van der Waals surface area contributed by atoms with Gasteiger partial charge in [0.15, 0.2) is 11.5 Å². The van der Waals surface area contributed by atoms with Gasteiger partial charge in [-0.15, -0.1) is 5.10 Å². The van der Waals surface area contributed by atoms with Gasteiger partial charge in [-0.25, -0.2) is 9.50 Å². The topological polar surface area (TPSA) is 107 Å². The van der Waals surface area contributed by atoms with Crippen molar-refractivity contribution in [1.82, 2.24) is 14.6 Å². The number of nitrogens with zero attached hydrogens (tertiary/aromatic N) is 3. The summed E-state index contributed by atoms with van der Waals surface area (Å²) in [6.45, 7) is 0. The maximum atomic E-state index is 12.6. The zero-order valence-corrected chi connectivity index (χ0v) is 17.8. The van der Waals surface area contributed by atoms with Crippen molar-refractivity contribution in [2.24, 2.45) is 5.92 Å². The number of benzene rings is 2. The lowest BCUT2D eigenvalue weighted by Crippen LogP contribution is -2.13. The largest absolute Gasteiger partial charge is 0.497 e. The Labute approximate surface area is 189 Å². The molecule has 9 heteroatoms. The Morgan fingerprint density at radius 2 is 1.82 bits per heavy atom. The summed E-state index contributed by atoms with van der Waals surface area (Å²) < 4.78 is 12.6. The first-order valence-corrected chi connectivity index (χ1v) is 10.5. The second kappa shape index (κ2) is 8.62. The zero-order valence-electron chi connectivity index (χ0n) is 17.8. The number of fused-ring (bicyclic) bond motifs is 1. The molecular weight excluding hydrogens is 422 g/mol. The van der Waals surface area contributed by atoms with E-state index in [-0.39, 0.29) is 17.7 Å². The van der Waals surface area contributed by atoms with Gasteiger partial charge in [0.05, 0.1) is 13.3 Å². The number of ether oxygens (including phenoxy) is 2. The minimum absolute atomic E-state index is 0.0114. The molecule has 1 aliphatic rings. The minimum atomic E-state index is -0.259. The van der Waals surface area contributed by atoms with Gasteiger partial charge in [-0.2, -0.15) is 0 Å². The van der Waals surface area contributed by atoms with Gasteiger partial charge in [-0.3, -0.25) is 9.59 Å². The van der Waals surface area contributed by atoms with Crippen molar-refractivity contribution in [2.45, 2.75) is 12.8 Å². The van der Waals surface area contributed by atoms with Crippen molar-refractivity contribution in [3.63, 3.8) is 0 Å². The lowest BCUT2D eigenvalue weighted by Gasteiger charge is -2.09. The van der Waals surface area contributed by atoms with Crippen molar-refractivity contribution in [2.75, 3.05) is 17.7 Å². The Morgan fingerprint density at radius 1 is 1.00 bits per heavy atom. The molecule has 0 bridgehead atoms. The molecule has 2 aromatic heterocycles. The number of rotatable bonds is 7. The first-order valence-electron chi connectivity index (χ1n) is 10.5. The van der Waals surface area contributed by atoms with Crippen LogP contribution in [0.25, 0.3) is 5.65 Å². The lowest BCUT2D eigenvalue weighted by atomic mass is 10.2. The molecule has 0 aliphatic heterocycles. The summed E-state index contributed by atoms with van der Waals surface area (Å²) in [5.74, 6) is 1.74. The molecule has 166 valence electrons. The summed E-state index contributed by atoms with van der Waals surface area (Å²) in [5, 5.41) is 10.1. The fourth-order valence-electron chi connectivity index (χ4n) is 3.28. The van der Waals surface area contributed by atoms with Crippen LogP contribution in [-0.2, 0) is 4.79 Å². The number of nitrogens with one attached hydrogen (secondary N) is 2. The third-order valence-corrected chi connectivity index (χ3v) is 5.14.